The van der Waals surface area contributed by atoms with Gasteiger partial charge in [0.15, 0.2) is 0 Å². The molecule has 31 heavy (non-hydrogen) atoms. The number of carbonyl (C=O) groups excluding carboxylic acids is 4. The van der Waals surface area contributed by atoms with Crippen molar-refractivity contribution < 1.29 is 33.4 Å². The molecule has 0 aliphatic carbocycles. The highest BCUT2D eigenvalue weighted by Crippen LogP contribution is 2.12. The van der Waals surface area contributed by atoms with Gasteiger partial charge in [0.2, 0.25) is 5.91 Å². The predicted molar refractivity (Wildman–Crippen MR) is 113 cm³/mol. The minimum Gasteiger partial charge on any atom is -0.469 e. The lowest BCUT2D eigenvalue weighted by Crippen LogP contribution is -2.52. The molecule has 9 nitrogen and oxygen atoms in total. The largest absolute Gasteiger partial charge is 0.469 e. The van der Waals surface area contributed by atoms with Gasteiger partial charge in [-0.05, 0) is 24.3 Å². The van der Waals surface area contributed by atoms with Crippen LogP contribution < -0.4 is 10.6 Å². The zero-order valence-corrected chi connectivity index (χ0v) is 18.7. The van der Waals surface area contributed by atoms with Gasteiger partial charge in [0, 0.05) is 0 Å². The van der Waals surface area contributed by atoms with Crippen molar-refractivity contribution in [2.24, 2.45) is 11.8 Å². The Bertz CT molecular complexity index is 737. The minimum atomic E-state index is -1.07. The summed E-state index contributed by atoms with van der Waals surface area (Å²) in [5.74, 6) is -2.33. The van der Waals surface area contributed by atoms with Gasteiger partial charge in [-0.15, -0.1) is 0 Å². The van der Waals surface area contributed by atoms with Crippen LogP contribution in [0, 0.1) is 11.8 Å². The van der Waals surface area contributed by atoms with Crippen LogP contribution in [0.2, 0.25) is 0 Å². The van der Waals surface area contributed by atoms with Crippen LogP contribution in [0.4, 0.5) is 4.79 Å². The summed E-state index contributed by atoms with van der Waals surface area (Å²) < 4.78 is 14.6. The van der Waals surface area contributed by atoms with Gasteiger partial charge in [0.1, 0.15) is 18.7 Å². The monoisotopic (exact) mass is 436 g/mol. The Labute approximate surface area is 182 Å². The van der Waals surface area contributed by atoms with Crippen molar-refractivity contribution in [2.45, 2.75) is 52.3 Å². The molecule has 0 unspecified atom stereocenters. The number of amides is 2. The molecule has 0 bridgehead atoms. The van der Waals surface area contributed by atoms with E-state index >= 15 is 0 Å². The Hall–Kier alpha value is -3.10. The van der Waals surface area contributed by atoms with Gasteiger partial charge >= 0.3 is 18.0 Å². The van der Waals surface area contributed by atoms with Crippen molar-refractivity contribution in [3.63, 3.8) is 0 Å². The zero-order chi connectivity index (χ0) is 23.4. The second-order valence-electron chi connectivity index (χ2n) is 7.63. The number of esters is 2. The first-order valence-electron chi connectivity index (χ1n) is 10.1. The summed E-state index contributed by atoms with van der Waals surface area (Å²) in [7, 11) is 2.43. The predicted octanol–water partition coefficient (Wildman–Crippen LogP) is 2.18. The molecule has 172 valence electrons. The van der Waals surface area contributed by atoms with Gasteiger partial charge in [0.25, 0.3) is 0 Å². The second kappa shape index (κ2) is 13.3. The summed E-state index contributed by atoms with van der Waals surface area (Å²) in [6.45, 7) is 5.44. The lowest BCUT2D eigenvalue weighted by Gasteiger charge is -2.24. The van der Waals surface area contributed by atoms with Crippen molar-refractivity contribution in [3.05, 3.63) is 35.9 Å². The van der Waals surface area contributed by atoms with Crippen LogP contribution in [-0.2, 0) is 35.2 Å². The van der Waals surface area contributed by atoms with Crippen LogP contribution in [0.1, 0.15) is 39.2 Å². The van der Waals surface area contributed by atoms with Crippen LogP contribution in [0.25, 0.3) is 0 Å². The average molecular weight is 437 g/mol. The Morgan fingerprint density at radius 2 is 1.45 bits per heavy atom. The number of hydrogen-bond acceptors (Lipinski definition) is 7. The SMILES string of the molecule is COC(=O)[C@H](C[C@H](C)C(=O)OC)NC(=O)[C@H](CC(C)C)NC(=O)OCc1ccccc1. The molecule has 0 aliphatic heterocycles. The quantitative estimate of drug-likeness (QED) is 0.403. The highest BCUT2D eigenvalue weighted by molar-refractivity contribution is 5.90. The molecule has 0 aromatic heterocycles. The number of benzene rings is 1. The molecule has 2 N–H and O–H groups in total. The van der Waals surface area contributed by atoms with E-state index in [1.54, 1.807) is 6.92 Å². The minimum absolute atomic E-state index is 0.00204. The summed E-state index contributed by atoms with van der Waals surface area (Å²) in [6.07, 6.45) is -0.424. The van der Waals surface area contributed by atoms with E-state index < -0.39 is 41.9 Å². The van der Waals surface area contributed by atoms with E-state index in [4.69, 9.17) is 9.47 Å². The number of alkyl carbamates (subject to hydrolysis) is 1. The Balaban J connectivity index is 2.79. The van der Waals surface area contributed by atoms with Gasteiger partial charge < -0.3 is 24.8 Å². The van der Waals surface area contributed by atoms with E-state index in [0.717, 1.165) is 5.56 Å². The molecule has 0 aliphatic rings. The normalized spacial score (nSPS) is 13.5. The van der Waals surface area contributed by atoms with E-state index in [-0.39, 0.29) is 18.9 Å². The maximum Gasteiger partial charge on any atom is 0.408 e. The fourth-order valence-electron chi connectivity index (χ4n) is 2.89. The molecule has 0 saturated heterocycles. The number of hydrogen-bond donors (Lipinski definition) is 2. The summed E-state index contributed by atoms with van der Waals surface area (Å²) in [5, 5.41) is 5.12. The third-order valence-corrected chi connectivity index (χ3v) is 4.52. The fraction of sp³-hybridized carbons (Fsp3) is 0.545. The first-order chi connectivity index (χ1) is 14.7. The molecule has 0 spiro atoms. The molecule has 3 atom stereocenters. The molecule has 0 fully saturated rings. The van der Waals surface area contributed by atoms with Crippen molar-refractivity contribution in [3.8, 4) is 0 Å². The van der Waals surface area contributed by atoms with E-state index in [1.165, 1.54) is 14.2 Å². The highest BCUT2D eigenvalue weighted by Gasteiger charge is 2.31. The molecular weight excluding hydrogens is 404 g/mol. The lowest BCUT2D eigenvalue weighted by molar-refractivity contribution is -0.149. The molecule has 2 amide bonds. The molecule has 1 rings (SSSR count). The van der Waals surface area contributed by atoms with Gasteiger partial charge in [-0.1, -0.05) is 51.1 Å². The first-order valence-corrected chi connectivity index (χ1v) is 10.1. The molecular formula is C22H32N2O7. The summed E-state index contributed by atoms with van der Waals surface area (Å²) in [5.41, 5.74) is 0.810. The van der Waals surface area contributed by atoms with Crippen LogP contribution in [0.15, 0.2) is 30.3 Å². The van der Waals surface area contributed by atoms with Crippen molar-refractivity contribution in [1.29, 1.82) is 0 Å². The van der Waals surface area contributed by atoms with Crippen LogP contribution in [0.5, 0.6) is 0 Å². The number of nitrogens with one attached hydrogen (secondary N) is 2. The standard InChI is InChI=1S/C22H32N2O7/c1-14(2)11-17(24-22(28)31-13-16-9-7-6-8-10-16)19(25)23-18(21(27)30-5)12-15(3)20(26)29-4/h6-10,14-15,17-18H,11-13H2,1-5H3,(H,23,25)(H,24,28)/t15-,17-,18-/m0/s1. The Morgan fingerprint density at radius 3 is 2.00 bits per heavy atom. The zero-order valence-electron chi connectivity index (χ0n) is 18.7. The first kappa shape index (κ1) is 25.9. The fourth-order valence-corrected chi connectivity index (χ4v) is 2.89. The van der Waals surface area contributed by atoms with Crippen molar-refractivity contribution in [2.75, 3.05) is 14.2 Å². The number of carbonyl (C=O) groups is 4. The van der Waals surface area contributed by atoms with E-state index in [1.807, 2.05) is 44.2 Å². The summed E-state index contributed by atoms with van der Waals surface area (Å²) in [6, 6.07) is 7.14. The van der Waals surface area contributed by atoms with Crippen LogP contribution in [-0.4, -0.2) is 50.2 Å². The molecule has 0 heterocycles. The summed E-state index contributed by atoms with van der Waals surface area (Å²) in [4.78, 5) is 48.9. The molecule has 1 aromatic rings. The average Bonchev–Trinajstić information content (AvgIpc) is 2.75. The topological polar surface area (TPSA) is 120 Å². The van der Waals surface area contributed by atoms with Gasteiger partial charge in [-0.25, -0.2) is 9.59 Å². The maximum atomic E-state index is 12.8. The van der Waals surface area contributed by atoms with Crippen molar-refractivity contribution in [1.82, 2.24) is 10.6 Å². The third-order valence-electron chi connectivity index (χ3n) is 4.52. The van der Waals surface area contributed by atoms with Gasteiger partial charge in [-0.3, -0.25) is 9.59 Å². The highest BCUT2D eigenvalue weighted by atomic mass is 16.5. The second-order valence-corrected chi connectivity index (χ2v) is 7.63. The molecule has 9 heteroatoms. The number of rotatable bonds is 11. The van der Waals surface area contributed by atoms with E-state index in [2.05, 4.69) is 15.4 Å². The molecule has 0 radical (unpaired) electrons. The third kappa shape index (κ3) is 9.50. The van der Waals surface area contributed by atoms with Crippen LogP contribution >= 0.6 is 0 Å². The maximum absolute atomic E-state index is 12.8. The van der Waals surface area contributed by atoms with E-state index in [9.17, 15) is 19.2 Å². The van der Waals surface area contributed by atoms with Crippen LogP contribution in [0.3, 0.4) is 0 Å². The molecule has 0 saturated carbocycles. The summed E-state index contributed by atoms with van der Waals surface area (Å²) >= 11 is 0. The van der Waals surface area contributed by atoms with Crippen molar-refractivity contribution >= 4 is 23.9 Å². The Morgan fingerprint density at radius 1 is 0.839 bits per heavy atom. The van der Waals surface area contributed by atoms with E-state index in [0.29, 0.717) is 6.42 Å². The van der Waals surface area contributed by atoms with Gasteiger partial charge in [-0.2, -0.15) is 0 Å². The molecule has 1 aromatic carbocycles. The Kier molecular flexibility index (Phi) is 11.1. The smallest absolute Gasteiger partial charge is 0.408 e. The lowest BCUT2D eigenvalue weighted by atomic mass is 9.99. The number of ether oxygens (including phenoxy) is 3. The number of methoxy groups -OCH3 is 2. The van der Waals surface area contributed by atoms with Gasteiger partial charge in [0.05, 0.1) is 20.1 Å².